The number of fused-ring (bicyclic) bond motifs is 1. The molecule has 0 unspecified atom stereocenters. The Morgan fingerprint density at radius 2 is 2.00 bits per heavy atom. The lowest BCUT2D eigenvalue weighted by Crippen LogP contribution is -2.28. The summed E-state index contributed by atoms with van der Waals surface area (Å²) in [5.41, 5.74) is 1.01. The Balaban J connectivity index is 2.69. The summed E-state index contributed by atoms with van der Waals surface area (Å²) in [5.74, 6) is -0.894. The molecule has 0 aliphatic carbocycles. The molecule has 0 aliphatic heterocycles. The van der Waals surface area contributed by atoms with Crippen LogP contribution in [0.1, 0.15) is 31.3 Å². The van der Waals surface area contributed by atoms with Crippen molar-refractivity contribution in [1.29, 1.82) is 0 Å². The van der Waals surface area contributed by atoms with Crippen molar-refractivity contribution in [3.05, 3.63) is 23.9 Å². The van der Waals surface area contributed by atoms with Gasteiger partial charge in [-0.05, 0) is 26.8 Å². The molecular weight excluding hydrogens is 241 g/mol. The van der Waals surface area contributed by atoms with E-state index in [2.05, 4.69) is 15.3 Å². The molecule has 2 N–H and O–H groups in total. The SMILES string of the molecule is [B]c1cccc2nc(C(=O)O)c(NC(C)(C)C)nc12. The maximum absolute atomic E-state index is 11.3. The van der Waals surface area contributed by atoms with E-state index in [0.717, 1.165) is 0 Å². The lowest BCUT2D eigenvalue weighted by molar-refractivity contribution is 0.0691. The van der Waals surface area contributed by atoms with E-state index in [-0.39, 0.29) is 17.1 Å². The lowest BCUT2D eigenvalue weighted by Gasteiger charge is -2.22. The minimum atomic E-state index is -1.12. The van der Waals surface area contributed by atoms with E-state index >= 15 is 0 Å². The number of aromatic nitrogens is 2. The molecule has 5 nitrogen and oxygen atoms in total. The molecule has 0 amide bonds. The van der Waals surface area contributed by atoms with Crippen LogP contribution in [0.5, 0.6) is 0 Å². The molecule has 0 bridgehead atoms. The van der Waals surface area contributed by atoms with E-state index in [1.54, 1.807) is 18.2 Å². The van der Waals surface area contributed by atoms with E-state index < -0.39 is 5.97 Å². The van der Waals surface area contributed by atoms with Crippen molar-refractivity contribution < 1.29 is 9.90 Å². The van der Waals surface area contributed by atoms with Gasteiger partial charge in [-0.15, -0.1) is 0 Å². The number of nitrogens with one attached hydrogen (secondary N) is 1. The number of aromatic carboxylic acids is 1. The highest BCUT2D eigenvalue weighted by atomic mass is 16.4. The van der Waals surface area contributed by atoms with Crippen molar-refractivity contribution in [2.45, 2.75) is 26.3 Å². The van der Waals surface area contributed by atoms with Gasteiger partial charge in [0.15, 0.2) is 11.5 Å². The monoisotopic (exact) mass is 255 g/mol. The fraction of sp³-hybridized carbons (Fsp3) is 0.308. The van der Waals surface area contributed by atoms with Crippen LogP contribution in [0.3, 0.4) is 0 Å². The van der Waals surface area contributed by atoms with Crippen LogP contribution in [0.25, 0.3) is 11.0 Å². The molecule has 1 heterocycles. The summed E-state index contributed by atoms with van der Waals surface area (Å²) in [6.45, 7) is 5.75. The fourth-order valence-electron chi connectivity index (χ4n) is 1.69. The molecule has 0 fully saturated rings. The van der Waals surface area contributed by atoms with E-state index in [9.17, 15) is 9.90 Å². The Kier molecular flexibility index (Phi) is 3.18. The number of para-hydroxylation sites is 1. The molecule has 0 saturated heterocycles. The van der Waals surface area contributed by atoms with Crippen LogP contribution < -0.4 is 10.8 Å². The van der Waals surface area contributed by atoms with E-state index in [0.29, 0.717) is 16.5 Å². The standard InChI is InChI=1S/C13H14BN3O2/c1-13(2,3)17-11-10(12(18)19)15-8-6-4-5-7(14)9(8)16-11/h4-6H,1-3H3,(H,16,17)(H,18,19). The molecule has 2 radical (unpaired) electrons. The van der Waals surface area contributed by atoms with Crippen molar-refractivity contribution in [2.24, 2.45) is 0 Å². The summed E-state index contributed by atoms with van der Waals surface area (Å²) in [5, 5.41) is 12.3. The van der Waals surface area contributed by atoms with E-state index in [4.69, 9.17) is 7.85 Å². The zero-order valence-electron chi connectivity index (χ0n) is 11.1. The fourth-order valence-corrected chi connectivity index (χ4v) is 1.69. The van der Waals surface area contributed by atoms with Crippen LogP contribution in [0.15, 0.2) is 18.2 Å². The van der Waals surface area contributed by atoms with Crippen LogP contribution in [0.4, 0.5) is 5.82 Å². The van der Waals surface area contributed by atoms with Gasteiger partial charge < -0.3 is 10.4 Å². The van der Waals surface area contributed by atoms with Crippen molar-refractivity contribution in [1.82, 2.24) is 9.97 Å². The number of anilines is 1. The van der Waals surface area contributed by atoms with E-state index in [1.807, 2.05) is 20.8 Å². The molecular formula is C13H14BN3O2. The summed E-state index contributed by atoms with van der Waals surface area (Å²) in [6, 6.07) is 5.11. The highest BCUT2D eigenvalue weighted by molar-refractivity contribution is 6.38. The number of hydrogen-bond donors (Lipinski definition) is 2. The summed E-state index contributed by atoms with van der Waals surface area (Å²) < 4.78 is 0. The quantitative estimate of drug-likeness (QED) is 0.792. The minimum absolute atomic E-state index is 0.104. The Hall–Kier alpha value is -2.11. The predicted octanol–water partition coefficient (Wildman–Crippen LogP) is 1.33. The van der Waals surface area contributed by atoms with Crippen molar-refractivity contribution >= 4 is 36.1 Å². The first-order chi connectivity index (χ1) is 8.78. The molecule has 96 valence electrons. The van der Waals surface area contributed by atoms with Gasteiger partial charge in [0.05, 0.1) is 11.0 Å². The minimum Gasteiger partial charge on any atom is -0.476 e. The molecule has 0 spiro atoms. The summed E-state index contributed by atoms with van der Waals surface area (Å²) in [4.78, 5) is 19.7. The third kappa shape index (κ3) is 2.84. The van der Waals surface area contributed by atoms with Crippen molar-refractivity contribution in [2.75, 3.05) is 5.32 Å². The van der Waals surface area contributed by atoms with Crippen molar-refractivity contribution in [3.63, 3.8) is 0 Å². The first-order valence-corrected chi connectivity index (χ1v) is 5.85. The van der Waals surface area contributed by atoms with Gasteiger partial charge in [-0.1, -0.05) is 17.6 Å². The predicted molar refractivity (Wildman–Crippen MR) is 75.3 cm³/mol. The molecule has 2 rings (SSSR count). The molecule has 0 atom stereocenters. The van der Waals surface area contributed by atoms with Crippen LogP contribution in [0.2, 0.25) is 0 Å². The van der Waals surface area contributed by atoms with Gasteiger partial charge in [-0.3, -0.25) is 0 Å². The Morgan fingerprint density at radius 3 is 2.58 bits per heavy atom. The smallest absolute Gasteiger partial charge is 0.358 e. The number of rotatable bonds is 2. The maximum Gasteiger partial charge on any atom is 0.358 e. The molecule has 19 heavy (non-hydrogen) atoms. The van der Waals surface area contributed by atoms with Gasteiger partial charge in [-0.2, -0.15) is 0 Å². The zero-order valence-corrected chi connectivity index (χ0v) is 11.1. The molecule has 6 heteroatoms. The Labute approximate surface area is 112 Å². The summed E-state index contributed by atoms with van der Waals surface area (Å²) in [6.07, 6.45) is 0. The maximum atomic E-state index is 11.3. The third-order valence-electron chi connectivity index (χ3n) is 2.42. The summed E-state index contributed by atoms with van der Waals surface area (Å²) in [7, 11) is 5.84. The number of carboxylic acids is 1. The second kappa shape index (κ2) is 4.53. The second-order valence-electron chi connectivity index (χ2n) is 5.32. The highest BCUT2D eigenvalue weighted by Crippen LogP contribution is 2.19. The van der Waals surface area contributed by atoms with Gasteiger partial charge in [0.25, 0.3) is 0 Å². The average molecular weight is 255 g/mol. The third-order valence-corrected chi connectivity index (χ3v) is 2.42. The topological polar surface area (TPSA) is 75.1 Å². The molecule has 0 saturated carbocycles. The molecule has 0 aliphatic rings. The normalized spacial score (nSPS) is 11.5. The Bertz CT molecular complexity index is 650. The summed E-state index contributed by atoms with van der Waals surface area (Å²) >= 11 is 0. The number of carboxylic acid groups (broad SMARTS) is 1. The number of carbonyl (C=O) groups is 1. The highest BCUT2D eigenvalue weighted by Gasteiger charge is 2.20. The average Bonchev–Trinajstić information content (AvgIpc) is 2.27. The molecule has 1 aromatic heterocycles. The largest absolute Gasteiger partial charge is 0.476 e. The molecule has 1 aromatic carbocycles. The van der Waals surface area contributed by atoms with Crippen LogP contribution >= 0.6 is 0 Å². The first-order valence-electron chi connectivity index (χ1n) is 5.85. The number of nitrogens with zero attached hydrogens (tertiary/aromatic N) is 2. The van der Waals surface area contributed by atoms with Gasteiger partial charge in [0.2, 0.25) is 0 Å². The van der Waals surface area contributed by atoms with Crippen molar-refractivity contribution in [3.8, 4) is 0 Å². The first kappa shape index (κ1) is 13.3. The zero-order chi connectivity index (χ0) is 14.2. The number of benzene rings is 1. The van der Waals surface area contributed by atoms with Crippen LogP contribution in [0, 0.1) is 0 Å². The van der Waals surface area contributed by atoms with Gasteiger partial charge in [0, 0.05) is 5.54 Å². The van der Waals surface area contributed by atoms with Gasteiger partial charge in [0.1, 0.15) is 7.85 Å². The van der Waals surface area contributed by atoms with Crippen LogP contribution in [-0.2, 0) is 0 Å². The molecule has 2 aromatic rings. The second-order valence-corrected chi connectivity index (χ2v) is 5.32. The van der Waals surface area contributed by atoms with Gasteiger partial charge >= 0.3 is 5.97 Å². The Morgan fingerprint density at radius 1 is 1.32 bits per heavy atom. The lowest BCUT2D eigenvalue weighted by atomic mass is 9.94. The number of hydrogen-bond acceptors (Lipinski definition) is 4. The van der Waals surface area contributed by atoms with Gasteiger partial charge in [-0.25, -0.2) is 14.8 Å². The van der Waals surface area contributed by atoms with E-state index in [1.165, 1.54) is 0 Å². The van der Waals surface area contributed by atoms with Crippen LogP contribution in [-0.4, -0.2) is 34.4 Å².